The highest BCUT2D eigenvalue weighted by molar-refractivity contribution is 5.80. The summed E-state index contributed by atoms with van der Waals surface area (Å²) in [5.74, 6) is -1.00. The third kappa shape index (κ3) is 4.62. The van der Waals surface area contributed by atoms with Crippen LogP contribution in [0.3, 0.4) is 0 Å². The Labute approximate surface area is 113 Å². The van der Waals surface area contributed by atoms with E-state index in [1.807, 2.05) is 31.2 Å². The van der Waals surface area contributed by atoms with Crippen molar-refractivity contribution in [1.82, 2.24) is 9.80 Å². The van der Waals surface area contributed by atoms with Gasteiger partial charge in [0.1, 0.15) is 6.54 Å². The van der Waals surface area contributed by atoms with E-state index in [0.29, 0.717) is 13.1 Å². The summed E-state index contributed by atoms with van der Waals surface area (Å²) >= 11 is 0. The number of nitrogens with zero attached hydrogens (tertiary/aromatic N) is 2. The van der Waals surface area contributed by atoms with Gasteiger partial charge in [0.15, 0.2) is 0 Å². The molecule has 0 saturated carbocycles. The van der Waals surface area contributed by atoms with Crippen molar-refractivity contribution in [2.75, 3.05) is 20.1 Å². The highest BCUT2D eigenvalue weighted by atomic mass is 16.4. The number of carboxylic acid groups (broad SMARTS) is 1. The molecule has 0 saturated heterocycles. The molecule has 1 N–H and O–H groups in total. The molecule has 0 aliphatic carbocycles. The predicted molar refractivity (Wildman–Crippen MR) is 72.9 cm³/mol. The average Bonchev–Trinajstić information content (AvgIpc) is 2.37. The molecule has 1 rings (SSSR count). The van der Waals surface area contributed by atoms with Crippen molar-refractivity contribution in [2.24, 2.45) is 0 Å². The summed E-state index contributed by atoms with van der Waals surface area (Å²) in [5.41, 5.74) is 2.19. The van der Waals surface area contributed by atoms with Crippen molar-refractivity contribution in [3.8, 4) is 0 Å². The average molecular weight is 264 g/mol. The monoisotopic (exact) mass is 264 g/mol. The van der Waals surface area contributed by atoms with Crippen LogP contribution in [0.2, 0.25) is 0 Å². The number of carbonyl (C=O) groups excluding carboxylic acids is 1. The Balaban J connectivity index is 2.65. The summed E-state index contributed by atoms with van der Waals surface area (Å²) in [7, 11) is 1.67. The summed E-state index contributed by atoms with van der Waals surface area (Å²) in [6, 6.07) is 7.63. The van der Waals surface area contributed by atoms with Gasteiger partial charge in [0, 0.05) is 20.1 Å². The van der Waals surface area contributed by atoms with Gasteiger partial charge >= 0.3 is 12.0 Å². The lowest BCUT2D eigenvalue weighted by Gasteiger charge is -2.26. The maximum atomic E-state index is 12.1. The van der Waals surface area contributed by atoms with Gasteiger partial charge in [-0.1, -0.05) is 29.8 Å². The molecule has 0 aromatic heterocycles. The normalized spacial score (nSPS) is 10.1. The smallest absolute Gasteiger partial charge is 0.323 e. The van der Waals surface area contributed by atoms with Gasteiger partial charge in [0.05, 0.1) is 0 Å². The summed E-state index contributed by atoms with van der Waals surface area (Å²) < 4.78 is 0. The van der Waals surface area contributed by atoms with E-state index in [1.165, 1.54) is 15.4 Å². The van der Waals surface area contributed by atoms with E-state index in [0.717, 1.165) is 5.56 Å². The number of rotatable bonds is 5. The summed E-state index contributed by atoms with van der Waals surface area (Å²) in [5, 5.41) is 8.75. The van der Waals surface area contributed by atoms with Crippen LogP contribution in [0.25, 0.3) is 0 Å². The minimum absolute atomic E-state index is 0.270. The molecule has 0 radical (unpaired) electrons. The molecule has 0 aliphatic rings. The van der Waals surface area contributed by atoms with Crippen molar-refractivity contribution in [1.29, 1.82) is 0 Å². The number of amides is 2. The molecular weight excluding hydrogens is 244 g/mol. The van der Waals surface area contributed by atoms with E-state index >= 15 is 0 Å². The zero-order valence-electron chi connectivity index (χ0n) is 11.6. The van der Waals surface area contributed by atoms with Gasteiger partial charge in [-0.05, 0) is 19.4 Å². The summed E-state index contributed by atoms with van der Waals surface area (Å²) in [4.78, 5) is 25.6. The van der Waals surface area contributed by atoms with Crippen molar-refractivity contribution < 1.29 is 14.7 Å². The topological polar surface area (TPSA) is 60.9 Å². The summed E-state index contributed by atoms with van der Waals surface area (Å²) in [6.07, 6.45) is 0. The molecule has 1 aromatic rings. The van der Waals surface area contributed by atoms with Gasteiger partial charge in [0.2, 0.25) is 0 Å². The summed E-state index contributed by atoms with van der Waals surface area (Å²) in [6.45, 7) is 4.34. The quantitative estimate of drug-likeness (QED) is 0.884. The number of aliphatic carboxylic acids is 1. The number of benzene rings is 1. The number of urea groups is 1. The van der Waals surface area contributed by atoms with Crippen molar-refractivity contribution in [3.63, 3.8) is 0 Å². The van der Waals surface area contributed by atoms with Crippen molar-refractivity contribution in [3.05, 3.63) is 35.4 Å². The van der Waals surface area contributed by atoms with Crippen LogP contribution in [0.15, 0.2) is 24.3 Å². The third-order valence-corrected chi connectivity index (χ3v) is 2.85. The molecule has 0 heterocycles. The molecule has 5 nitrogen and oxygen atoms in total. The molecule has 5 heteroatoms. The molecule has 0 bridgehead atoms. The first-order valence-corrected chi connectivity index (χ1v) is 6.21. The van der Waals surface area contributed by atoms with Gasteiger partial charge in [-0.15, -0.1) is 0 Å². The third-order valence-electron chi connectivity index (χ3n) is 2.85. The minimum atomic E-state index is -1.00. The molecule has 0 aliphatic heterocycles. The second kappa shape index (κ2) is 6.78. The van der Waals surface area contributed by atoms with Crippen molar-refractivity contribution in [2.45, 2.75) is 20.4 Å². The molecule has 0 atom stereocenters. The largest absolute Gasteiger partial charge is 0.480 e. The molecule has 0 fully saturated rings. The lowest BCUT2D eigenvalue weighted by Crippen LogP contribution is -2.43. The number of likely N-dealkylation sites (N-methyl/N-ethyl adjacent to an activating group) is 1. The minimum Gasteiger partial charge on any atom is -0.480 e. The van der Waals surface area contributed by atoms with Gasteiger partial charge in [-0.25, -0.2) is 4.79 Å². The Morgan fingerprint density at radius 1 is 1.21 bits per heavy atom. The van der Waals surface area contributed by atoms with Crippen LogP contribution in [-0.4, -0.2) is 47.0 Å². The first-order valence-electron chi connectivity index (χ1n) is 6.21. The zero-order chi connectivity index (χ0) is 14.4. The Morgan fingerprint density at radius 3 is 2.26 bits per heavy atom. The molecule has 19 heavy (non-hydrogen) atoms. The molecular formula is C14H20N2O3. The second-order valence-corrected chi connectivity index (χ2v) is 4.53. The van der Waals surface area contributed by atoms with E-state index in [1.54, 1.807) is 14.0 Å². The van der Waals surface area contributed by atoms with Crippen molar-refractivity contribution >= 4 is 12.0 Å². The van der Waals surface area contributed by atoms with Gasteiger partial charge in [-0.3, -0.25) is 4.79 Å². The molecule has 1 aromatic carbocycles. The molecule has 104 valence electrons. The van der Waals surface area contributed by atoms with Crippen LogP contribution in [-0.2, 0) is 11.3 Å². The van der Waals surface area contributed by atoms with E-state index < -0.39 is 5.97 Å². The van der Waals surface area contributed by atoms with Crippen LogP contribution in [0, 0.1) is 6.92 Å². The van der Waals surface area contributed by atoms with E-state index in [-0.39, 0.29) is 12.6 Å². The number of carbonyl (C=O) groups is 2. The van der Waals surface area contributed by atoms with Crippen LogP contribution in [0.5, 0.6) is 0 Å². The Kier molecular flexibility index (Phi) is 5.36. The first kappa shape index (κ1) is 15.0. The van der Waals surface area contributed by atoms with E-state index in [4.69, 9.17) is 5.11 Å². The number of hydrogen-bond acceptors (Lipinski definition) is 2. The van der Waals surface area contributed by atoms with Crippen LogP contribution >= 0.6 is 0 Å². The maximum absolute atomic E-state index is 12.1. The molecule has 2 amide bonds. The van der Waals surface area contributed by atoms with Crippen LogP contribution < -0.4 is 0 Å². The van der Waals surface area contributed by atoms with Gasteiger partial charge in [0.25, 0.3) is 0 Å². The fraction of sp³-hybridized carbons (Fsp3) is 0.429. The number of carboxylic acids is 1. The lowest BCUT2D eigenvalue weighted by molar-refractivity contribution is -0.137. The van der Waals surface area contributed by atoms with Crippen LogP contribution in [0.4, 0.5) is 4.79 Å². The number of hydrogen-bond donors (Lipinski definition) is 1. The SMILES string of the molecule is CCN(CC(=O)O)C(=O)N(C)Cc1ccc(C)cc1. The second-order valence-electron chi connectivity index (χ2n) is 4.53. The number of aryl methyl sites for hydroxylation is 1. The lowest BCUT2D eigenvalue weighted by atomic mass is 10.1. The highest BCUT2D eigenvalue weighted by Crippen LogP contribution is 2.07. The predicted octanol–water partition coefficient (Wildman–Crippen LogP) is 1.95. The van der Waals surface area contributed by atoms with E-state index in [2.05, 4.69) is 0 Å². The molecule has 0 unspecified atom stereocenters. The molecule has 0 spiro atoms. The Bertz CT molecular complexity index is 443. The standard InChI is InChI=1S/C14H20N2O3/c1-4-16(10-13(17)18)14(19)15(3)9-12-7-5-11(2)6-8-12/h5-8H,4,9-10H2,1-3H3,(H,17,18). The Morgan fingerprint density at radius 2 is 1.79 bits per heavy atom. The Hall–Kier alpha value is -2.04. The van der Waals surface area contributed by atoms with Crippen LogP contribution in [0.1, 0.15) is 18.1 Å². The zero-order valence-corrected chi connectivity index (χ0v) is 11.6. The van der Waals surface area contributed by atoms with Gasteiger partial charge < -0.3 is 14.9 Å². The fourth-order valence-electron chi connectivity index (χ4n) is 1.75. The maximum Gasteiger partial charge on any atom is 0.323 e. The highest BCUT2D eigenvalue weighted by Gasteiger charge is 2.18. The fourth-order valence-corrected chi connectivity index (χ4v) is 1.75. The van der Waals surface area contributed by atoms with E-state index in [9.17, 15) is 9.59 Å². The first-order chi connectivity index (χ1) is 8.93. The van der Waals surface area contributed by atoms with Gasteiger partial charge in [-0.2, -0.15) is 0 Å².